The fourth-order valence-corrected chi connectivity index (χ4v) is 3.09. The molecule has 0 saturated heterocycles. The van der Waals surface area contributed by atoms with Crippen LogP contribution in [0.15, 0.2) is 4.52 Å². The summed E-state index contributed by atoms with van der Waals surface area (Å²) in [4.78, 5) is 4.15. The molecule has 4 nitrogen and oxygen atoms in total. The van der Waals surface area contributed by atoms with Crippen molar-refractivity contribution in [1.29, 1.82) is 0 Å². The maximum Gasteiger partial charge on any atom is 0.255 e. The van der Waals surface area contributed by atoms with Gasteiger partial charge in [-0.05, 0) is 19.8 Å². The Morgan fingerprint density at radius 1 is 1.44 bits per heavy atom. The Hall–Kier alpha value is -0.550. The van der Waals surface area contributed by atoms with Crippen molar-refractivity contribution in [3.63, 3.8) is 0 Å². The van der Waals surface area contributed by atoms with E-state index in [1.54, 1.807) is 6.92 Å². The van der Waals surface area contributed by atoms with Crippen LogP contribution in [-0.4, -0.2) is 20.5 Å². The van der Waals surface area contributed by atoms with Gasteiger partial charge in [0.2, 0.25) is 0 Å². The van der Waals surface area contributed by atoms with Gasteiger partial charge in [0.1, 0.15) is 6.10 Å². The van der Waals surface area contributed by atoms with Crippen LogP contribution in [0.2, 0.25) is 0 Å². The summed E-state index contributed by atoms with van der Waals surface area (Å²) in [5.74, 6) is 1.81. The highest BCUT2D eigenvalue weighted by atomic mass is 32.2. The minimum Gasteiger partial charge on any atom is -0.384 e. The van der Waals surface area contributed by atoms with Gasteiger partial charge in [-0.2, -0.15) is 16.7 Å². The van der Waals surface area contributed by atoms with E-state index in [0.29, 0.717) is 11.7 Å². The highest BCUT2D eigenvalue weighted by Crippen LogP contribution is 2.29. The number of aromatic nitrogens is 2. The minimum atomic E-state index is -0.666. The third kappa shape index (κ3) is 3.22. The molecule has 1 heterocycles. The van der Waals surface area contributed by atoms with Crippen LogP contribution >= 0.6 is 11.8 Å². The first kappa shape index (κ1) is 11.9. The van der Waals surface area contributed by atoms with Crippen LogP contribution in [0.3, 0.4) is 0 Å². The maximum atomic E-state index is 9.25. The molecule has 1 aromatic rings. The Bertz CT molecular complexity index is 322. The van der Waals surface area contributed by atoms with Gasteiger partial charge in [0.05, 0.1) is 5.75 Å². The van der Waals surface area contributed by atoms with Gasteiger partial charge in [-0.3, -0.25) is 0 Å². The molecule has 0 unspecified atom stereocenters. The van der Waals surface area contributed by atoms with Crippen LogP contribution in [0, 0.1) is 0 Å². The summed E-state index contributed by atoms with van der Waals surface area (Å²) >= 11 is 1.91. The van der Waals surface area contributed by atoms with Crippen LogP contribution in [-0.2, 0) is 5.75 Å². The maximum absolute atomic E-state index is 9.25. The highest BCUT2D eigenvalue weighted by Gasteiger charge is 2.16. The van der Waals surface area contributed by atoms with E-state index in [1.807, 2.05) is 11.8 Å². The van der Waals surface area contributed by atoms with Crippen LogP contribution in [0.4, 0.5) is 0 Å². The van der Waals surface area contributed by atoms with E-state index in [2.05, 4.69) is 10.1 Å². The second-order valence-corrected chi connectivity index (χ2v) is 5.58. The zero-order valence-electron chi connectivity index (χ0n) is 9.56. The number of nitrogens with zero attached hydrogens (tertiary/aromatic N) is 2. The Kier molecular flexibility index (Phi) is 4.23. The summed E-state index contributed by atoms with van der Waals surface area (Å²) in [6.07, 6.45) is 6.04. The van der Waals surface area contributed by atoms with Crippen LogP contribution in [0.25, 0.3) is 0 Å². The molecule has 0 aromatic carbocycles. The number of aliphatic hydroxyl groups excluding tert-OH is 1. The van der Waals surface area contributed by atoms with Crippen molar-refractivity contribution in [1.82, 2.24) is 10.1 Å². The first-order chi connectivity index (χ1) is 7.75. The van der Waals surface area contributed by atoms with Gasteiger partial charge < -0.3 is 9.63 Å². The molecule has 0 spiro atoms. The zero-order chi connectivity index (χ0) is 11.4. The van der Waals surface area contributed by atoms with Gasteiger partial charge in [-0.1, -0.05) is 24.4 Å². The summed E-state index contributed by atoms with van der Waals surface area (Å²) in [7, 11) is 0. The van der Waals surface area contributed by atoms with Crippen LogP contribution < -0.4 is 0 Å². The van der Waals surface area contributed by atoms with Gasteiger partial charge in [-0.15, -0.1) is 0 Å². The topological polar surface area (TPSA) is 59.2 Å². The third-order valence-electron chi connectivity index (χ3n) is 2.84. The Balaban J connectivity index is 1.79. The molecule has 16 heavy (non-hydrogen) atoms. The molecule has 1 aliphatic rings. The molecule has 0 radical (unpaired) electrons. The summed E-state index contributed by atoms with van der Waals surface area (Å²) in [6, 6.07) is 0. The lowest BCUT2D eigenvalue weighted by Crippen LogP contribution is -2.08. The molecule has 1 saturated carbocycles. The predicted molar refractivity (Wildman–Crippen MR) is 63.1 cm³/mol. The number of hydrogen-bond acceptors (Lipinski definition) is 5. The molecular weight excluding hydrogens is 224 g/mol. The Labute approximate surface area is 99.8 Å². The lowest BCUT2D eigenvalue weighted by Gasteiger charge is -2.19. The smallest absolute Gasteiger partial charge is 0.255 e. The molecule has 0 amide bonds. The van der Waals surface area contributed by atoms with Crippen molar-refractivity contribution < 1.29 is 9.63 Å². The van der Waals surface area contributed by atoms with E-state index in [1.165, 1.54) is 32.1 Å². The number of rotatable bonds is 4. The van der Waals surface area contributed by atoms with Crippen molar-refractivity contribution in [2.45, 2.75) is 56.1 Å². The number of thioether (sulfide) groups is 1. The van der Waals surface area contributed by atoms with Crippen molar-refractivity contribution >= 4 is 11.8 Å². The van der Waals surface area contributed by atoms with Crippen molar-refractivity contribution in [3.8, 4) is 0 Å². The quantitative estimate of drug-likeness (QED) is 0.879. The lowest BCUT2D eigenvalue weighted by molar-refractivity contribution is 0.151. The molecule has 0 aliphatic heterocycles. The molecular formula is C11H18N2O2S. The van der Waals surface area contributed by atoms with Gasteiger partial charge in [0, 0.05) is 5.25 Å². The monoisotopic (exact) mass is 242 g/mol. The molecule has 2 rings (SSSR count). The van der Waals surface area contributed by atoms with Gasteiger partial charge in [0.15, 0.2) is 5.82 Å². The lowest BCUT2D eigenvalue weighted by atomic mass is 10.0. The summed E-state index contributed by atoms with van der Waals surface area (Å²) in [5, 5.41) is 13.9. The van der Waals surface area contributed by atoms with Gasteiger partial charge in [-0.25, -0.2) is 0 Å². The largest absolute Gasteiger partial charge is 0.384 e. The molecule has 1 aliphatic carbocycles. The average Bonchev–Trinajstić information content (AvgIpc) is 2.76. The molecule has 1 aromatic heterocycles. The van der Waals surface area contributed by atoms with Crippen molar-refractivity contribution in [2.75, 3.05) is 0 Å². The summed E-state index contributed by atoms with van der Waals surface area (Å²) in [6.45, 7) is 1.63. The third-order valence-corrected chi connectivity index (χ3v) is 4.21. The van der Waals surface area contributed by atoms with Gasteiger partial charge in [0.25, 0.3) is 5.89 Å². The number of hydrogen-bond donors (Lipinski definition) is 1. The second kappa shape index (κ2) is 5.68. The Morgan fingerprint density at radius 3 is 2.81 bits per heavy atom. The average molecular weight is 242 g/mol. The second-order valence-electron chi connectivity index (χ2n) is 4.30. The normalized spacial score (nSPS) is 19.9. The molecule has 1 N–H and O–H groups in total. The van der Waals surface area contributed by atoms with Crippen LogP contribution in [0.1, 0.15) is 56.8 Å². The van der Waals surface area contributed by atoms with E-state index in [9.17, 15) is 5.11 Å². The molecule has 90 valence electrons. The first-order valence-electron chi connectivity index (χ1n) is 5.88. The van der Waals surface area contributed by atoms with Gasteiger partial charge >= 0.3 is 0 Å². The van der Waals surface area contributed by atoms with Crippen LogP contribution in [0.5, 0.6) is 0 Å². The molecule has 1 fully saturated rings. The summed E-state index contributed by atoms with van der Waals surface area (Å²) < 4.78 is 4.94. The molecule has 0 bridgehead atoms. The standard InChI is InChI=1S/C11H18N2O2S/c1-8(14)11-12-10(13-15-11)7-16-9-5-3-2-4-6-9/h8-9,14H,2-7H2,1H3/t8-/m0/s1. The van der Waals surface area contributed by atoms with E-state index in [0.717, 1.165) is 11.0 Å². The fourth-order valence-electron chi connectivity index (χ4n) is 1.92. The number of aliphatic hydroxyl groups is 1. The van der Waals surface area contributed by atoms with E-state index in [4.69, 9.17) is 4.52 Å². The fraction of sp³-hybridized carbons (Fsp3) is 0.818. The van der Waals surface area contributed by atoms with Crippen molar-refractivity contribution in [2.24, 2.45) is 0 Å². The minimum absolute atomic E-state index is 0.319. The SMILES string of the molecule is C[C@H](O)c1nc(CSC2CCCCC2)no1. The summed E-state index contributed by atoms with van der Waals surface area (Å²) in [5.41, 5.74) is 0. The Morgan fingerprint density at radius 2 is 2.19 bits per heavy atom. The first-order valence-corrected chi connectivity index (χ1v) is 6.92. The highest BCUT2D eigenvalue weighted by molar-refractivity contribution is 7.99. The molecule has 5 heteroatoms. The van der Waals surface area contributed by atoms with E-state index in [-0.39, 0.29) is 0 Å². The zero-order valence-corrected chi connectivity index (χ0v) is 10.4. The van der Waals surface area contributed by atoms with Crippen molar-refractivity contribution in [3.05, 3.63) is 11.7 Å². The van der Waals surface area contributed by atoms with E-state index >= 15 is 0 Å². The predicted octanol–water partition coefficient (Wildman–Crippen LogP) is 2.69. The molecule has 1 atom stereocenters. The van der Waals surface area contributed by atoms with E-state index < -0.39 is 6.10 Å².